The number of benzene rings is 2. The fourth-order valence-corrected chi connectivity index (χ4v) is 4.13. The number of hydrogen-bond acceptors (Lipinski definition) is 2. The van der Waals surface area contributed by atoms with Crippen molar-refractivity contribution in [3.8, 4) is 0 Å². The van der Waals surface area contributed by atoms with Gasteiger partial charge in [-0.25, -0.2) is 0 Å². The highest BCUT2D eigenvalue weighted by Gasteiger charge is 2.42. The molecular weight excluding hydrogens is 320 g/mol. The summed E-state index contributed by atoms with van der Waals surface area (Å²) >= 11 is 0. The highest BCUT2D eigenvalue weighted by Crippen LogP contribution is 2.46. The van der Waals surface area contributed by atoms with Gasteiger partial charge in [-0.3, -0.25) is 0 Å². The van der Waals surface area contributed by atoms with Crippen LogP contribution in [0.4, 0.5) is 0 Å². The Balaban J connectivity index is 1.58. The minimum atomic E-state index is 0.0852. The van der Waals surface area contributed by atoms with Crippen LogP contribution < -0.4 is 0 Å². The Morgan fingerprint density at radius 3 is 1.81 bits per heavy atom. The van der Waals surface area contributed by atoms with Crippen LogP contribution in [0.3, 0.4) is 0 Å². The first kappa shape index (κ1) is 18.9. The van der Waals surface area contributed by atoms with Crippen molar-refractivity contribution in [3.05, 3.63) is 84.4 Å². The van der Waals surface area contributed by atoms with E-state index in [0.29, 0.717) is 25.0 Å². The van der Waals surface area contributed by atoms with Gasteiger partial charge in [0.25, 0.3) is 0 Å². The topological polar surface area (TPSA) is 18.5 Å². The molecule has 0 amide bonds. The molecule has 0 unspecified atom stereocenters. The van der Waals surface area contributed by atoms with E-state index >= 15 is 0 Å². The predicted molar refractivity (Wildman–Crippen MR) is 107 cm³/mol. The lowest BCUT2D eigenvalue weighted by molar-refractivity contribution is -0.0321. The fraction of sp³-hybridized carbons (Fsp3) is 0.417. The Hall–Kier alpha value is -1.90. The Morgan fingerprint density at radius 2 is 1.38 bits per heavy atom. The van der Waals surface area contributed by atoms with Crippen LogP contribution in [0.5, 0.6) is 0 Å². The Labute approximate surface area is 157 Å². The molecule has 0 radical (unpaired) electrons. The molecule has 0 aromatic heterocycles. The third kappa shape index (κ3) is 5.06. The normalized spacial score (nSPS) is 21.6. The van der Waals surface area contributed by atoms with Gasteiger partial charge in [-0.1, -0.05) is 73.7 Å². The van der Waals surface area contributed by atoms with Crippen LogP contribution in [-0.4, -0.2) is 13.2 Å². The summed E-state index contributed by atoms with van der Waals surface area (Å²) in [5, 5.41) is 0. The summed E-state index contributed by atoms with van der Waals surface area (Å²) in [7, 11) is 0. The van der Waals surface area contributed by atoms with E-state index in [9.17, 15) is 0 Å². The van der Waals surface area contributed by atoms with Crippen molar-refractivity contribution in [3.63, 3.8) is 0 Å². The van der Waals surface area contributed by atoms with E-state index in [1.165, 1.54) is 11.1 Å². The zero-order chi connectivity index (χ0) is 18.2. The minimum Gasteiger partial charge on any atom is -0.376 e. The second-order valence-corrected chi connectivity index (χ2v) is 7.74. The summed E-state index contributed by atoms with van der Waals surface area (Å²) in [6.45, 7) is 9.16. The van der Waals surface area contributed by atoms with Crippen molar-refractivity contribution < 1.29 is 9.47 Å². The van der Waals surface area contributed by atoms with Crippen LogP contribution in [0, 0.1) is 17.3 Å². The third-order valence-corrected chi connectivity index (χ3v) is 5.50. The zero-order valence-electron chi connectivity index (χ0n) is 15.8. The maximum Gasteiger partial charge on any atom is 0.0717 e. The molecule has 0 saturated heterocycles. The van der Waals surface area contributed by atoms with E-state index in [1.54, 1.807) is 0 Å². The predicted octanol–water partition coefficient (Wildman–Crippen LogP) is 5.64. The molecule has 2 aromatic carbocycles. The molecule has 2 aromatic rings. The van der Waals surface area contributed by atoms with Gasteiger partial charge in [0, 0.05) is 5.41 Å². The Morgan fingerprint density at radius 1 is 0.885 bits per heavy atom. The van der Waals surface area contributed by atoms with Gasteiger partial charge < -0.3 is 9.47 Å². The average Bonchev–Trinajstić information content (AvgIpc) is 2.99. The standard InChI is InChI=1S/C24H30O2/c1-3-23-15-24(14-20(23)2,18-25-16-21-10-6-4-7-11-21)19-26-17-22-12-8-5-9-13-22/h3-13,20,23H,1,14-19H2,2H3/t20-,23+/m1/s1. The molecule has 1 aliphatic carbocycles. The molecule has 0 bridgehead atoms. The molecule has 3 rings (SSSR count). The van der Waals surface area contributed by atoms with Crippen LogP contribution in [0.1, 0.15) is 30.9 Å². The molecule has 1 aliphatic rings. The molecule has 0 spiro atoms. The number of hydrogen-bond donors (Lipinski definition) is 0. The van der Waals surface area contributed by atoms with E-state index in [1.807, 2.05) is 12.1 Å². The van der Waals surface area contributed by atoms with E-state index in [2.05, 4.69) is 68.1 Å². The van der Waals surface area contributed by atoms with Gasteiger partial charge in [0.1, 0.15) is 0 Å². The maximum atomic E-state index is 6.14. The summed E-state index contributed by atoms with van der Waals surface area (Å²) in [5.74, 6) is 1.18. The largest absolute Gasteiger partial charge is 0.376 e. The van der Waals surface area contributed by atoms with Crippen LogP contribution in [0.15, 0.2) is 73.3 Å². The summed E-state index contributed by atoms with van der Waals surface area (Å²) in [5.41, 5.74) is 2.53. The quantitative estimate of drug-likeness (QED) is 0.545. The van der Waals surface area contributed by atoms with Gasteiger partial charge >= 0.3 is 0 Å². The lowest BCUT2D eigenvalue weighted by atomic mass is 9.86. The van der Waals surface area contributed by atoms with E-state index in [4.69, 9.17) is 9.47 Å². The number of rotatable bonds is 9. The first-order valence-corrected chi connectivity index (χ1v) is 9.57. The van der Waals surface area contributed by atoms with E-state index in [-0.39, 0.29) is 5.41 Å². The van der Waals surface area contributed by atoms with Crippen molar-refractivity contribution >= 4 is 0 Å². The molecule has 138 valence electrons. The summed E-state index contributed by atoms with van der Waals surface area (Å²) < 4.78 is 12.3. The SMILES string of the molecule is C=C[C@H]1CC(COCc2ccccc2)(COCc2ccccc2)C[C@H]1C. The summed E-state index contributed by atoms with van der Waals surface area (Å²) in [4.78, 5) is 0. The Kier molecular flexibility index (Phi) is 6.65. The molecule has 26 heavy (non-hydrogen) atoms. The molecule has 0 heterocycles. The van der Waals surface area contributed by atoms with Crippen molar-refractivity contribution in [1.82, 2.24) is 0 Å². The van der Waals surface area contributed by atoms with Gasteiger partial charge in [0.05, 0.1) is 26.4 Å². The monoisotopic (exact) mass is 350 g/mol. The third-order valence-electron chi connectivity index (χ3n) is 5.50. The second-order valence-electron chi connectivity index (χ2n) is 7.74. The van der Waals surface area contributed by atoms with Crippen molar-refractivity contribution in [2.45, 2.75) is 33.0 Å². The van der Waals surface area contributed by atoms with Crippen LogP contribution in [-0.2, 0) is 22.7 Å². The summed E-state index contributed by atoms with van der Waals surface area (Å²) in [6.07, 6.45) is 4.34. The molecule has 2 atom stereocenters. The van der Waals surface area contributed by atoms with Crippen LogP contribution in [0.2, 0.25) is 0 Å². The van der Waals surface area contributed by atoms with E-state index < -0.39 is 0 Å². The number of allylic oxidation sites excluding steroid dienone is 1. The van der Waals surface area contributed by atoms with Gasteiger partial charge in [0.15, 0.2) is 0 Å². The van der Waals surface area contributed by atoms with Gasteiger partial charge in [-0.05, 0) is 35.8 Å². The highest BCUT2D eigenvalue weighted by molar-refractivity contribution is 5.14. The first-order chi connectivity index (χ1) is 12.7. The molecule has 0 aliphatic heterocycles. The average molecular weight is 351 g/mol. The van der Waals surface area contributed by atoms with Gasteiger partial charge in [-0.2, -0.15) is 0 Å². The lowest BCUT2D eigenvalue weighted by Gasteiger charge is -2.29. The van der Waals surface area contributed by atoms with Crippen molar-refractivity contribution in [1.29, 1.82) is 0 Å². The van der Waals surface area contributed by atoms with Crippen molar-refractivity contribution in [2.75, 3.05) is 13.2 Å². The Bertz CT molecular complexity index is 620. The molecule has 0 N–H and O–H groups in total. The smallest absolute Gasteiger partial charge is 0.0717 e. The second kappa shape index (κ2) is 9.16. The fourth-order valence-electron chi connectivity index (χ4n) is 4.13. The highest BCUT2D eigenvalue weighted by atomic mass is 16.5. The van der Waals surface area contributed by atoms with Gasteiger partial charge in [0.2, 0.25) is 0 Å². The molecular formula is C24H30O2. The van der Waals surface area contributed by atoms with E-state index in [0.717, 1.165) is 26.1 Å². The van der Waals surface area contributed by atoms with Crippen LogP contribution >= 0.6 is 0 Å². The van der Waals surface area contributed by atoms with Gasteiger partial charge in [-0.15, -0.1) is 6.58 Å². The first-order valence-electron chi connectivity index (χ1n) is 9.57. The minimum absolute atomic E-state index is 0.0852. The molecule has 2 heteroatoms. The zero-order valence-corrected chi connectivity index (χ0v) is 15.8. The molecule has 1 fully saturated rings. The van der Waals surface area contributed by atoms with Crippen molar-refractivity contribution in [2.24, 2.45) is 17.3 Å². The lowest BCUT2D eigenvalue weighted by Crippen LogP contribution is -2.30. The molecule has 2 nitrogen and oxygen atoms in total. The molecule has 1 saturated carbocycles. The van der Waals surface area contributed by atoms with Crippen LogP contribution in [0.25, 0.3) is 0 Å². The maximum absolute atomic E-state index is 6.14. The summed E-state index contributed by atoms with van der Waals surface area (Å²) in [6, 6.07) is 20.8. The number of ether oxygens (including phenoxy) is 2.